The van der Waals surface area contributed by atoms with Crippen molar-refractivity contribution < 1.29 is 17.7 Å². The van der Waals surface area contributed by atoms with Crippen LogP contribution in [-0.4, -0.2) is 0 Å². The van der Waals surface area contributed by atoms with E-state index in [0.717, 1.165) is 160 Å². The van der Waals surface area contributed by atoms with Gasteiger partial charge in [0.2, 0.25) is 0 Å². The van der Waals surface area contributed by atoms with Gasteiger partial charge < -0.3 is 32.4 Å². The van der Waals surface area contributed by atoms with E-state index in [9.17, 15) is 0 Å². The Labute approximate surface area is 831 Å². The minimum atomic E-state index is -0.495. The van der Waals surface area contributed by atoms with Crippen molar-refractivity contribution in [3.05, 3.63) is 595 Å². The third-order valence-corrected chi connectivity index (χ3v) is 30.8. The molecule has 674 valence electrons. The smallest absolute Gasteiger partial charge is 0.137 e. The Morgan fingerprint density at radius 2 is 0.347 bits per heavy atom. The van der Waals surface area contributed by atoms with E-state index in [1.807, 2.05) is 12.1 Å². The monoisotopic (exact) mass is 1840 g/mol. The Bertz CT molecular complexity index is 9320. The van der Waals surface area contributed by atoms with E-state index in [1.54, 1.807) is 0 Å². The molecule has 4 aromatic heterocycles. The Balaban J connectivity index is 0.000000151. The molecule has 3 aliphatic rings. The fourth-order valence-corrected chi connectivity index (χ4v) is 24.7. The fraction of sp³-hybridized carbons (Fsp3) is 0.0219. The number of para-hydroxylation sites is 4. The molecule has 0 aliphatic heterocycles. The van der Waals surface area contributed by atoms with Crippen molar-refractivity contribution in [3.8, 4) is 33.4 Å². The van der Waals surface area contributed by atoms with E-state index in [4.69, 9.17) is 17.7 Å². The third kappa shape index (κ3) is 12.5. The summed E-state index contributed by atoms with van der Waals surface area (Å²) in [6.07, 6.45) is 0. The van der Waals surface area contributed by atoms with Gasteiger partial charge in [-0.1, -0.05) is 346 Å². The summed E-state index contributed by atoms with van der Waals surface area (Å²) < 4.78 is 26.4. The van der Waals surface area contributed by atoms with E-state index >= 15 is 0 Å². The van der Waals surface area contributed by atoms with Gasteiger partial charge in [-0.05, 0) is 298 Å². The number of furan rings is 4. The first-order chi connectivity index (χ1) is 71.3. The number of hydrogen-bond donors (Lipinski definition) is 0. The normalized spacial score (nSPS) is 13.3. The number of anilines is 9. The van der Waals surface area contributed by atoms with E-state index in [1.165, 1.54) is 100 Å². The highest BCUT2D eigenvalue weighted by molar-refractivity contribution is 6.18. The van der Waals surface area contributed by atoms with Crippen molar-refractivity contribution in [3.63, 3.8) is 0 Å². The molecule has 7 nitrogen and oxygen atoms in total. The first-order valence-corrected chi connectivity index (χ1v) is 49.4. The molecule has 0 unspecified atom stereocenters. The molecule has 0 fully saturated rings. The number of benzene rings is 23. The predicted octanol–water partition coefficient (Wildman–Crippen LogP) is 36.8. The molecule has 0 saturated heterocycles. The molecule has 0 atom stereocenters. The van der Waals surface area contributed by atoms with Gasteiger partial charge in [0, 0.05) is 100 Å². The Kier molecular flexibility index (Phi) is 18.7. The molecule has 27 aromatic rings. The SMILES string of the molecule is c1ccc(N(c2ccc(C3(c4ccccc4)c4ccccc4-c4ccccc43)cc2)c2ccc3oc4cc5cc6oc7ccc(N(c8ccccc8)c8ccc(C9(c%10ccccc%10)c%10ccccc%10-c%10ccccc%109)cc8)cc7c6cc5cc4c3c2)cc1.c1ccc(N(c2cccc(C3(c4ccccc4)c4ccccc4-c4ccccc43)c2)c2ccc3c(c2)oc2cc4cc5oc6ccccc6c5cc4cc23)cc1. The Morgan fingerprint density at radius 3 is 0.722 bits per heavy atom. The largest absolute Gasteiger partial charge is 0.456 e. The molecule has 0 radical (unpaired) electrons. The van der Waals surface area contributed by atoms with E-state index in [0.29, 0.717) is 0 Å². The topological polar surface area (TPSA) is 62.3 Å². The maximum atomic E-state index is 6.73. The first-order valence-electron chi connectivity index (χ1n) is 49.4. The molecule has 0 amide bonds. The molecule has 30 rings (SSSR count). The van der Waals surface area contributed by atoms with Gasteiger partial charge in [0.25, 0.3) is 0 Å². The zero-order valence-electron chi connectivity index (χ0n) is 78.2. The van der Waals surface area contributed by atoms with Gasteiger partial charge in [-0.15, -0.1) is 0 Å². The van der Waals surface area contributed by atoms with Gasteiger partial charge in [0.15, 0.2) is 0 Å². The molecule has 144 heavy (non-hydrogen) atoms. The van der Waals surface area contributed by atoms with Crippen LogP contribution in [0.25, 0.3) is 143 Å². The lowest BCUT2D eigenvalue weighted by atomic mass is 9.67. The highest BCUT2D eigenvalue weighted by Crippen LogP contribution is 2.61. The molecule has 0 saturated carbocycles. The van der Waals surface area contributed by atoms with Crippen molar-refractivity contribution in [2.24, 2.45) is 0 Å². The van der Waals surface area contributed by atoms with Gasteiger partial charge >= 0.3 is 0 Å². The maximum absolute atomic E-state index is 6.73. The van der Waals surface area contributed by atoms with Crippen molar-refractivity contribution in [1.82, 2.24) is 0 Å². The van der Waals surface area contributed by atoms with Crippen LogP contribution in [0.2, 0.25) is 0 Å². The summed E-state index contributed by atoms with van der Waals surface area (Å²) in [5, 5.41) is 13.1. The average Bonchev–Trinajstić information content (AvgIpc) is 1.45. The molecular weight excluding hydrogens is 1750 g/mol. The minimum Gasteiger partial charge on any atom is -0.456 e. The molecule has 7 heteroatoms. The van der Waals surface area contributed by atoms with E-state index in [2.05, 4.69) is 530 Å². The molecule has 4 heterocycles. The van der Waals surface area contributed by atoms with Gasteiger partial charge in [0.05, 0.1) is 16.2 Å². The molecule has 23 aromatic carbocycles. The highest BCUT2D eigenvalue weighted by atomic mass is 16.3. The second-order valence-electron chi connectivity index (χ2n) is 38.3. The lowest BCUT2D eigenvalue weighted by Gasteiger charge is -2.35. The van der Waals surface area contributed by atoms with Gasteiger partial charge in [-0.3, -0.25) is 0 Å². The zero-order chi connectivity index (χ0) is 94.7. The van der Waals surface area contributed by atoms with E-state index < -0.39 is 16.2 Å². The second-order valence-corrected chi connectivity index (χ2v) is 38.3. The standard InChI is InChI=1S/C84H54N2O2.C53H33NO2/c1-5-21-57(22-6-1)83(75-33-17-13-29-67(75)68-30-14-18-34-76(68)83)59-37-41-63(42-38-59)85(61-25-9-3-10-26-61)65-45-47-79-73(53-65)71-49-55-50-72-74-54-66(46-48-80(74)88-82(72)52-56(55)51-81(71)87-79)86(62-27-11-4-12-28-62)64-43-39-60(40-44-64)84(58-23-7-2-8-24-58)77-35-19-15-31-69(77)70-32-16-20-36-78(70)84;1-3-14-36(15-4-1)53(47-23-10-7-20-41(47)42-21-8-11-24-48(42)53)37-16-13-19-39(32-37)54(38-17-5-2-6-18-38)40-26-27-44-46-29-34-28-45-43-22-9-12-25-49(43)55-50(45)30-35(34)31-51(46)56-52(44)33-40/h1-54H;1-33H. The van der Waals surface area contributed by atoms with Crippen LogP contribution in [0, 0.1) is 0 Å². The Hall–Kier alpha value is -18.8. The number of hydrogen-bond acceptors (Lipinski definition) is 7. The number of fused-ring (bicyclic) bond motifs is 23. The lowest BCUT2D eigenvalue weighted by Crippen LogP contribution is -2.28. The van der Waals surface area contributed by atoms with Crippen molar-refractivity contribution >= 4 is 160 Å². The van der Waals surface area contributed by atoms with Gasteiger partial charge in [0.1, 0.15) is 44.7 Å². The van der Waals surface area contributed by atoms with Crippen molar-refractivity contribution in [1.29, 1.82) is 0 Å². The fourth-order valence-electron chi connectivity index (χ4n) is 24.7. The zero-order valence-corrected chi connectivity index (χ0v) is 78.2. The number of nitrogens with zero attached hydrogens (tertiary/aromatic N) is 3. The minimum absolute atomic E-state index is 0.486. The second kappa shape index (κ2) is 32.7. The number of rotatable bonds is 15. The molecule has 0 bridgehead atoms. The summed E-state index contributed by atoms with van der Waals surface area (Å²) in [5.74, 6) is 0. The van der Waals surface area contributed by atoms with Gasteiger partial charge in [-0.25, -0.2) is 0 Å². The molecule has 0 spiro atoms. The lowest BCUT2D eigenvalue weighted by molar-refractivity contribution is 0.668. The quantitative estimate of drug-likeness (QED) is 0.101. The van der Waals surface area contributed by atoms with Crippen LogP contribution in [-0.2, 0) is 16.2 Å². The Morgan fingerprint density at radius 1 is 0.125 bits per heavy atom. The van der Waals surface area contributed by atoms with Crippen LogP contribution in [0.15, 0.2) is 545 Å². The van der Waals surface area contributed by atoms with Gasteiger partial charge in [-0.2, -0.15) is 0 Å². The highest BCUT2D eigenvalue weighted by Gasteiger charge is 2.50. The summed E-state index contributed by atoms with van der Waals surface area (Å²) in [5.41, 5.74) is 37.7. The summed E-state index contributed by atoms with van der Waals surface area (Å²) in [6, 6.07) is 192. The molecule has 3 aliphatic carbocycles. The van der Waals surface area contributed by atoms with Crippen LogP contribution in [0.4, 0.5) is 51.2 Å². The molecule has 0 N–H and O–H groups in total. The summed E-state index contributed by atoms with van der Waals surface area (Å²) in [7, 11) is 0. The molecular formula is C137H87N3O4. The summed E-state index contributed by atoms with van der Waals surface area (Å²) >= 11 is 0. The van der Waals surface area contributed by atoms with Crippen molar-refractivity contribution in [2.75, 3.05) is 14.7 Å². The van der Waals surface area contributed by atoms with Crippen molar-refractivity contribution in [2.45, 2.75) is 16.2 Å². The van der Waals surface area contributed by atoms with E-state index in [-0.39, 0.29) is 0 Å². The van der Waals surface area contributed by atoms with Crippen LogP contribution in [0.5, 0.6) is 0 Å². The van der Waals surface area contributed by atoms with Crippen LogP contribution < -0.4 is 14.7 Å². The van der Waals surface area contributed by atoms with Crippen LogP contribution in [0.3, 0.4) is 0 Å². The predicted molar refractivity (Wildman–Crippen MR) is 593 cm³/mol. The maximum Gasteiger partial charge on any atom is 0.137 e. The average molecular weight is 1840 g/mol. The summed E-state index contributed by atoms with van der Waals surface area (Å²) in [6.45, 7) is 0. The van der Waals surface area contributed by atoms with Crippen LogP contribution >= 0.6 is 0 Å². The first kappa shape index (κ1) is 82.3. The van der Waals surface area contributed by atoms with Crippen LogP contribution in [0.1, 0.15) is 66.8 Å². The summed E-state index contributed by atoms with van der Waals surface area (Å²) in [4.78, 5) is 7.06. The third-order valence-electron chi connectivity index (χ3n) is 30.8.